The van der Waals surface area contributed by atoms with Crippen LogP contribution in [0.3, 0.4) is 0 Å². The highest BCUT2D eigenvalue weighted by Gasteiger charge is 2.64. The standard InChI is InChI=1S/C25H34O9/c1-8-11(3)22(27)32-18-16-14(6)24(29)33-19(16)21(34-23(28)12(4)9-2)25(7,30)20-15(31-20)10-13(5)17(18)26/h8,12-13,15-16,18-21,30H,6,9-10H2,1-5,7H3/b11-8-/t12-,13+,15+,16-,18+,19+,20-,21-,25-/m1/s1. The molecular weight excluding hydrogens is 444 g/mol. The summed E-state index contributed by atoms with van der Waals surface area (Å²) in [7, 11) is 0. The molecule has 0 amide bonds. The van der Waals surface area contributed by atoms with Crippen LogP contribution in [-0.2, 0) is 38.1 Å². The van der Waals surface area contributed by atoms with Crippen molar-refractivity contribution in [2.24, 2.45) is 17.8 Å². The minimum absolute atomic E-state index is 0.0873. The SMILES string of the molecule is C=C1C(=O)O[C@H]2[C@H]1[C@H](OC(=O)/C(C)=C\C)C(=O)[C@@H](C)C[C@@H]1O[C@H]1[C@@](C)(O)[C@@H]2OC(=O)[C@H](C)CC. The molecule has 188 valence electrons. The summed E-state index contributed by atoms with van der Waals surface area (Å²) in [6, 6.07) is 0. The van der Waals surface area contributed by atoms with E-state index in [1.807, 2.05) is 6.92 Å². The van der Waals surface area contributed by atoms with Crippen LogP contribution in [0.15, 0.2) is 23.8 Å². The highest BCUT2D eigenvalue weighted by molar-refractivity contribution is 5.97. The van der Waals surface area contributed by atoms with E-state index in [4.69, 9.17) is 18.9 Å². The number of hydrogen-bond donors (Lipinski definition) is 1. The summed E-state index contributed by atoms with van der Waals surface area (Å²) >= 11 is 0. The van der Waals surface area contributed by atoms with E-state index < -0.39 is 77.6 Å². The van der Waals surface area contributed by atoms with Crippen molar-refractivity contribution in [3.63, 3.8) is 0 Å². The number of carbonyl (C=O) groups is 4. The molecule has 2 saturated heterocycles. The van der Waals surface area contributed by atoms with E-state index in [-0.39, 0.29) is 17.6 Å². The number of ether oxygens (including phenoxy) is 4. The second-order valence-electron chi connectivity index (χ2n) is 9.75. The molecule has 1 aliphatic carbocycles. The van der Waals surface area contributed by atoms with Crippen LogP contribution in [0, 0.1) is 17.8 Å². The predicted octanol–water partition coefficient (Wildman–Crippen LogP) is 2.05. The molecule has 9 atom stereocenters. The lowest BCUT2D eigenvalue weighted by atomic mass is 9.76. The number of allylic oxidation sites excluding steroid dienone is 1. The van der Waals surface area contributed by atoms with E-state index >= 15 is 0 Å². The molecule has 3 aliphatic rings. The third-order valence-corrected chi connectivity index (χ3v) is 7.22. The lowest BCUT2D eigenvalue weighted by Crippen LogP contribution is -2.58. The fourth-order valence-electron chi connectivity index (χ4n) is 4.52. The van der Waals surface area contributed by atoms with Crippen LogP contribution in [0.4, 0.5) is 0 Å². The smallest absolute Gasteiger partial charge is 0.334 e. The van der Waals surface area contributed by atoms with Crippen molar-refractivity contribution in [2.75, 3.05) is 0 Å². The number of ketones is 1. The van der Waals surface area contributed by atoms with E-state index in [0.29, 0.717) is 6.42 Å². The monoisotopic (exact) mass is 478 g/mol. The number of carbonyl (C=O) groups excluding carboxylic acids is 4. The van der Waals surface area contributed by atoms with Gasteiger partial charge in [-0.2, -0.15) is 0 Å². The van der Waals surface area contributed by atoms with E-state index in [2.05, 4.69) is 6.58 Å². The number of Topliss-reactive ketones (excluding diaryl/α,β-unsaturated/α-hetero) is 1. The first-order chi connectivity index (χ1) is 15.8. The summed E-state index contributed by atoms with van der Waals surface area (Å²) in [6.45, 7) is 13.6. The van der Waals surface area contributed by atoms with Crippen LogP contribution >= 0.6 is 0 Å². The zero-order chi connectivity index (χ0) is 25.5. The quantitative estimate of drug-likeness (QED) is 0.273. The number of epoxide rings is 1. The maximum absolute atomic E-state index is 13.5. The third-order valence-electron chi connectivity index (χ3n) is 7.22. The van der Waals surface area contributed by atoms with E-state index in [1.54, 1.807) is 33.8 Å². The van der Waals surface area contributed by atoms with Gasteiger partial charge in [-0.3, -0.25) is 9.59 Å². The second kappa shape index (κ2) is 9.62. The molecule has 2 heterocycles. The summed E-state index contributed by atoms with van der Waals surface area (Å²) in [5.41, 5.74) is -1.55. The lowest BCUT2D eigenvalue weighted by Gasteiger charge is -2.39. The fraction of sp³-hybridized carbons (Fsp3) is 0.680. The van der Waals surface area contributed by atoms with Crippen LogP contribution in [0.1, 0.15) is 54.4 Å². The molecule has 1 N–H and O–H groups in total. The summed E-state index contributed by atoms with van der Waals surface area (Å²) < 4.78 is 22.6. The minimum atomic E-state index is -1.74. The molecule has 9 heteroatoms. The molecular formula is C25H34O9. The number of hydrogen-bond acceptors (Lipinski definition) is 9. The predicted molar refractivity (Wildman–Crippen MR) is 119 cm³/mol. The molecule has 3 rings (SSSR count). The molecule has 34 heavy (non-hydrogen) atoms. The van der Waals surface area contributed by atoms with Crippen molar-refractivity contribution in [3.05, 3.63) is 23.8 Å². The molecule has 1 saturated carbocycles. The largest absolute Gasteiger partial charge is 0.455 e. The first-order valence-electron chi connectivity index (χ1n) is 11.7. The Bertz CT molecular complexity index is 917. The first-order valence-corrected chi connectivity index (χ1v) is 11.7. The van der Waals surface area contributed by atoms with Crippen LogP contribution < -0.4 is 0 Å². The molecule has 0 spiro atoms. The lowest BCUT2D eigenvalue weighted by molar-refractivity contribution is -0.196. The Morgan fingerprint density at radius 3 is 2.56 bits per heavy atom. The van der Waals surface area contributed by atoms with Gasteiger partial charge in [0.15, 0.2) is 24.1 Å². The van der Waals surface area contributed by atoms with Crippen LogP contribution in [0.2, 0.25) is 0 Å². The van der Waals surface area contributed by atoms with Crippen molar-refractivity contribution in [2.45, 2.75) is 90.5 Å². The zero-order valence-corrected chi connectivity index (χ0v) is 20.5. The van der Waals surface area contributed by atoms with Crippen molar-refractivity contribution >= 4 is 23.7 Å². The average molecular weight is 479 g/mol. The van der Waals surface area contributed by atoms with Gasteiger partial charge in [0.2, 0.25) is 0 Å². The average Bonchev–Trinajstić information content (AvgIpc) is 3.52. The Labute approximate surface area is 199 Å². The molecule has 3 fully saturated rings. The summed E-state index contributed by atoms with van der Waals surface area (Å²) in [4.78, 5) is 51.5. The molecule has 0 aromatic rings. The minimum Gasteiger partial charge on any atom is -0.455 e. The normalized spacial score (nSPS) is 38.9. The molecule has 2 aliphatic heterocycles. The molecule has 0 radical (unpaired) electrons. The van der Waals surface area contributed by atoms with Gasteiger partial charge in [-0.15, -0.1) is 0 Å². The van der Waals surface area contributed by atoms with Gasteiger partial charge < -0.3 is 24.1 Å². The van der Waals surface area contributed by atoms with Gasteiger partial charge in [-0.25, -0.2) is 9.59 Å². The van der Waals surface area contributed by atoms with E-state index in [9.17, 15) is 24.3 Å². The zero-order valence-electron chi connectivity index (χ0n) is 20.5. The Kier molecular flexibility index (Phi) is 7.38. The van der Waals surface area contributed by atoms with Gasteiger partial charge in [0.1, 0.15) is 11.7 Å². The molecule has 9 nitrogen and oxygen atoms in total. The maximum Gasteiger partial charge on any atom is 0.334 e. The topological polar surface area (TPSA) is 129 Å². The highest BCUT2D eigenvalue weighted by atomic mass is 16.6. The summed E-state index contributed by atoms with van der Waals surface area (Å²) in [5.74, 6) is -4.77. The van der Waals surface area contributed by atoms with Gasteiger partial charge in [0, 0.05) is 17.1 Å². The number of rotatable bonds is 5. The summed E-state index contributed by atoms with van der Waals surface area (Å²) in [5, 5.41) is 11.5. The first kappa shape index (κ1) is 26.1. The molecule has 0 bridgehead atoms. The van der Waals surface area contributed by atoms with Gasteiger partial charge in [-0.1, -0.05) is 33.4 Å². The Morgan fingerprint density at radius 1 is 1.32 bits per heavy atom. The van der Waals surface area contributed by atoms with Crippen LogP contribution in [0.5, 0.6) is 0 Å². The number of aliphatic hydroxyl groups is 1. The third kappa shape index (κ3) is 4.68. The Hall–Kier alpha value is -2.52. The molecule has 0 unspecified atom stereocenters. The van der Waals surface area contributed by atoms with Crippen molar-refractivity contribution in [1.82, 2.24) is 0 Å². The number of fused-ring (bicyclic) bond motifs is 2. The Balaban J connectivity index is 2.10. The molecule has 0 aromatic carbocycles. The van der Waals surface area contributed by atoms with Gasteiger partial charge in [0.25, 0.3) is 0 Å². The van der Waals surface area contributed by atoms with Crippen molar-refractivity contribution in [3.8, 4) is 0 Å². The highest BCUT2D eigenvalue weighted by Crippen LogP contribution is 2.46. The Morgan fingerprint density at radius 2 is 1.97 bits per heavy atom. The van der Waals surface area contributed by atoms with Gasteiger partial charge in [-0.05, 0) is 33.6 Å². The van der Waals surface area contributed by atoms with Crippen LogP contribution in [0.25, 0.3) is 0 Å². The van der Waals surface area contributed by atoms with Gasteiger partial charge >= 0.3 is 17.9 Å². The van der Waals surface area contributed by atoms with Crippen molar-refractivity contribution in [1.29, 1.82) is 0 Å². The van der Waals surface area contributed by atoms with E-state index in [1.165, 1.54) is 6.92 Å². The molecule has 0 aromatic heterocycles. The maximum atomic E-state index is 13.5. The fourth-order valence-corrected chi connectivity index (χ4v) is 4.52. The second-order valence-corrected chi connectivity index (χ2v) is 9.75. The number of esters is 3. The van der Waals surface area contributed by atoms with Crippen LogP contribution in [-0.4, -0.2) is 64.9 Å². The van der Waals surface area contributed by atoms with E-state index in [0.717, 1.165) is 0 Å². The van der Waals surface area contributed by atoms with Gasteiger partial charge in [0.05, 0.1) is 17.9 Å². The van der Waals surface area contributed by atoms with Crippen molar-refractivity contribution < 1.29 is 43.2 Å². The summed E-state index contributed by atoms with van der Waals surface area (Å²) in [6.07, 6.45) is -2.98.